The first-order valence-electron chi connectivity index (χ1n) is 5.37. The largest absolute Gasteiger partial charge is 0.478 e. The van der Waals surface area contributed by atoms with Crippen molar-refractivity contribution in [1.82, 2.24) is 9.97 Å². The highest BCUT2D eigenvalue weighted by atomic mass is 32.2. The number of sulfone groups is 1. The summed E-state index contributed by atoms with van der Waals surface area (Å²) in [7, 11) is -2.96. The molecule has 0 aromatic carbocycles. The first-order chi connectivity index (χ1) is 8.01. The van der Waals surface area contributed by atoms with E-state index in [-0.39, 0.29) is 5.75 Å². The monoisotopic (exact) mass is 259 g/mol. The summed E-state index contributed by atoms with van der Waals surface area (Å²) in [5, 5.41) is 2.91. The van der Waals surface area contributed by atoms with Crippen molar-refractivity contribution in [2.75, 3.05) is 30.5 Å². The topological polar surface area (TPSA) is 81.2 Å². The summed E-state index contributed by atoms with van der Waals surface area (Å²) in [4.78, 5) is 7.91. The molecule has 7 heteroatoms. The van der Waals surface area contributed by atoms with Crippen molar-refractivity contribution in [1.29, 1.82) is 0 Å². The van der Waals surface area contributed by atoms with Gasteiger partial charge in [0.1, 0.15) is 22.0 Å². The van der Waals surface area contributed by atoms with Crippen LogP contribution < -0.4 is 10.1 Å². The molecule has 0 spiro atoms. The van der Waals surface area contributed by atoms with Crippen molar-refractivity contribution < 1.29 is 13.2 Å². The molecule has 0 aliphatic rings. The van der Waals surface area contributed by atoms with E-state index in [1.807, 2.05) is 6.92 Å². The van der Waals surface area contributed by atoms with Crippen LogP contribution in [0.15, 0.2) is 12.4 Å². The molecule has 0 saturated heterocycles. The van der Waals surface area contributed by atoms with Gasteiger partial charge in [-0.3, -0.25) is 0 Å². The van der Waals surface area contributed by atoms with Gasteiger partial charge >= 0.3 is 0 Å². The van der Waals surface area contributed by atoms with Crippen LogP contribution >= 0.6 is 0 Å². The minimum absolute atomic E-state index is 0.0716. The van der Waals surface area contributed by atoms with Crippen LogP contribution in [-0.2, 0) is 9.84 Å². The Hall–Kier alpha value is -1.37. The fraction of sp³-hybridized carbons (Fsp3) is 0.600. The summed E-state index contributed by atoms with van der Waals surface area (Å²) in [6, 6.07) is 1.65. The minimum atomic E-state index is -2.96. The number of rotatable bonds is 7. The van der Waals surface area contributed by atoms with Crippen molar-refractivity contribution in [2.45, 2.75) is 13.3 Å². The summed E-state index contributed by atoms with van der Waals surface area (Å²) in [6.07, 6.45) is 3.49. The predicted molar refractivity (Wildman–Crippen MR) is 66.0 cm³/mol. The van der Waals surface area contributed by atoms with Gasteiger partial charge in [0, 0.05) is 18.9 Å². The average molecular weight is 259 g/mol. The predicted octanol–water partition coefficient (Wildman–Crippen LogP) is 0.722. The maximum atomic E-state index is 10.9. The Morgan fingerprint density at radius 3 is 2.82 bits per heavy atom. The number of anilines is 1. The number of nitrogens with zero attached hydrogens (tertiary/aromatic N) is 2. The Kier molecular flexibility index (Phi) is 5.14. The lowest BCUT2D eigenvalue weighted by atomic mass is 10.5. The summed E-state index contributed by atoms with van der Waals surface area (Å²) >= 11 is 0. The van der Waals surface area contributed by atoms with Gasteiger partial charge in [0.25, 0.3) is 0 Å². The maximum Gasteiger partial charge on any atom is 0.218 e. The molecular weight excluding hydrogens is 242 g/mol. The van der Waals surface area contributed by atoms with E-state index < -0.39 is 9.84 Å². The van der Waals surface area contributed by atoms with Crippen LogP contribution in [0.3, 0.4) is 0 Å². The summed E-state index contributed by atoms with van der Waals surface area (Å²) in [6.45, 7) is 2.93. The van der Waals surface area contributed by atoms with Crippen LogP contribution in [0.2, 0.25) is 0 Å². The van der Waals surface area contributed by atoms with Crippen molar-refractivity contribution >= 4 is 15.7 Å². The van der Waals surface area contributed by atoms with Crippen molar-refractivity contribution in [3.05, 3.63) is 12.4 Å². The first-order valence-corrected chi connectivity index (χ1v) is 7.44. The molecule has 0 fully saturated rings. The number of aromatic nitrogens is 2. The van der Waals surface area contributed by atoms with Gasteiger partial charge in [0.05, 0.1) is 12.4 Å². The first kappa shape index (κ1) is 13.7. The molecule has 0 amide bonds. The summed E-state index contributed by atoms with van der Waals surface area (Å²) < 4.78 is 27.2. The van der Waals surface area contributed by atoms with Crippen LogP contribution in [-0.4, -0.2) is 43.5 Å². The SMILES string of the molecule is CCCOc1cc(NCCS(C)(=O)=O)ncn1. The molecule has 0 radical (unpaired) electrons. The van der Waals surface area contributed by atoms with Crippen LogP contribution in [0, 0.1) is 0 Å². The summed E-state index contributed by atoms with van der Waals surface area (Å²) in [5.41, 5.74) is 0. The van der Waals surface area contributed by atoms with Gasteiger partial charge in [0.2, 0.25) is 5.88 Å². The molecule has 1 rings (SSSR count). The van der Waals surface area contributed by atoms with Gasteiger partial charge in [-0.15, -0.1) is 0 Å². The Balaban J connectivity index is 2.48. The van der Waals surface area contributed by atoms with E-state index in [0.717, 1.165) is 6.42 Å². The van der Waals surface area contributed by atoms with E-state index in [2.05, 4.69) is 15.3 Å². The lowest BCUT2D eigenvalue weighted by Gasteiger charge is -2.06. The van der Waals surface area contributed by atoms with E-state index in [1.54, 1.807) is 6.07 Å². The second kappa shape index (κ2) is 6.39. The zero-order chi connectivity index (χ0) is 12.7. The molecule has 0 saturated carbocycles. The third-order valence-electron chi connectivity index (χ3n) is 1.88. The highest BCUT2D eigenvalue weighted by Gasteiger charge is 2.03. The highest BCUT2D eigenvalue weighted by Crippen LogP contribution is 2.10. The van der Waals surface area contributed by atoms with Crippen molar-refractivity contribution in [3.63, 3.8) is 0 Å². The van der Waals surface area contributed by atoms with E-state index in [1.165, 1.54) is 12.6 Å². The Labute approximate surface area is 101 Å². The normalized spacial score (nSPS) is 11.2. The van der Waals surface area contributed by atoms with Crippen LogP contribution in [0.4, 0.5) is 5.82 Å². The molecular formula is C10H17N3O3S. The van der Waals surface area contributed by atoms with Crippen LogP contribution in [0.1, 0.15) is 13.3 Å². The van der Waals surface area contributed by atoms with E-state index in [9.17, 15) is 8.42 Å². The number of nitrogens with one attached hydrogen (secondary N) is 1. The zero-order valence-corrected chi connectivity index (χ0v) is 10.8. The van der Waals surface area contributed by atoms with Gasteiger partial charge in [0.15, 0.2) is 0 Å². The summed E-state index contributed by atoms with van der Waals surface area (Å²) in [5.74, 6) is 1.13. The molecule has 96 valence electrons. The quantitative estimate of drug-likeness (QED) is 0.777. The third-order valence-corrected chi connectivity index (χ3v) is 2.82. The van der Waals surface area contributed by atoms with Gasteiger partial charge in [-0.05, 0) is 6.42 Å². The van der Waals surface area contributed by atoms with Gasteiger partial charge in [-0.2, -0.15) is 0 Å². The maximum absolute atomic E-state index is 10.9. The Morgan fingerprint density at radius 1 is 1.41 bits per heavy atom. The van der Waals surface area contributed by atoms with Gasteiger partial charge < -0.3 is 10.1 Å². The molecule has 0 unspecified atom stereocenters. The van der Waals surface area contributed by atoms with Crippen LogP contribution in [0.5, 0.6) is 5.88 Å². The molecule has 0 atom stereocenters. The zero-order valence-electron chi connectivity index (χ0n) is 10.0. The van der Waals surface area contributed by atoms with Crippen molar-refractivity contribution in [2.24, 2.45) is 0 Å². The van der Waals surface area contributed by atoms with Crippen LogP contribution in [0.25, 0.3) is 0 Å². The molecule has 0 aliphatic heterocycles. The highest BCUT2D eigenvalue weighted by molar-refractivity contribution is 7.90. The molecule has 1 heterocycles. The minimum Gasteiger partial charge on any atom is -0.478 e. The lowest BCUT2D eigenvalue weighted by Crippen LogP contribution is -2.14. The van der Waals surface area contributed by atoms with E-state index >= 15 is 0 Å². The lowest BCUT2D eigenvalue weighted by molar-refractivity contribution is 0.305. The molecule has 0 bridgehead atoms. The average Bonchev–Trinajstić information content (AvgIpc) is 2.25. The fourth-order valence-electron chi connectivity index (χ4n) is 1.09. The molecule has 0 aliphatic carbocycles. The number of hydrogen-bond donors (Lipinski definition) is 1. The second-order valence-corrected chi connectivity index (χ2v) is 5.91. The van der Waals surface area contributed by atoms with E-state index in [0.29, 0.717) is 24.8 Å². The number of hydrogen-bond acceptors (Lipinski definition) is 6. The molecule has 6 nitrogen and oxygen atoms in total. The second-order valence-electron chi connectivity index (χ2n) is 3.65. The fourth-order valence-corrected chi connectivity index (χ4v) is 1.56. The molecule has 17 heavy (non-hydrogen) atoms. The molecule has 1 aromatic rings. The Bertz CT molecular complexity index is 448. The standard InChI is InChI=1S/C10H17N3O3S/c1-3-5-16-10-7-9(12-8-13-10)11-4-6-17(2,14)15/h7-8H,3-6H2,1-2H3,(H,11,12,13). The van der Waals surface area contributed by atoms with Crippen molar-refractivity contribution in [3.8, 4) is 5.88 Å². The Morgan fingerprint density at radius 2 is 2.18 bits per heavy atom. The molecule has 1 aromatic heterocycles. The smallest absolute Gasteiger partial charge is 0.218 e. The molecule has 1 N–H and O–H groups in total. The third kappa shape index (κ3) is 6.06. The van der Waals surface area contributed by atoms with E-state index in [4.69, 9.17) is 4.74 Å². The van der Waals surface area contributed by atoms with Gasteiger partial charge in [-0.25, -0.2) is 18.4 Å². The van der Waals surface area contributed by atoms with Gasteiger partial charge in [-0.1, -0.05) is 6.92 Å². The number of ether oxygens (including phenoxy) is 1.